The third kappa shape index (κ3) is 3.38. The summed E-state index contributed by atoms with van der Waals surface area (Å²) in [5.41, 5.74) is 2.27. The second-order valence-corrected chi connectivity index (χ2v) is 5.13. The van der Waals surface area contributed by atoms with Crippen molar-refractivity contribution in [3.05, 3.63) is 40.7 Å². The molecular formula is C14H18N2S. The molecule has 0 radical (unpaired) electrons. The zero-order valence-corrected chi connectivity index (χ0v) is 11.1. The van der Waals surface area contributed by atoms with E-state index in [1.807, 2.05) is 18.2 Å². The lowest BCUT2D eigenvalue weighted by Gasteiger charge is -2.08. The van der Waals surface area contributed by atoms with Crippen molar-refractivity contribution < 1.29 is 0 Å². The molecule has 17 heavy (non-hydrogen) atoms. The van der Waals surface area contributed by atoms with E-state index in [4.69, 9.17) is 0 Å². The van der Waals surface area contributed by atoms with Gasteiger partial charge in [-0.1, -0.05) is 37.3 Å². The SMILES string of the molecule is CCC(C)NCc1nc(-c2ccccc2)cs1. The topological polar surface area (TPSA) is 24.9 Å². The number of hydrogen-bond acceptors (Lipinski definition) is 3. The van der Waals surface area contributed by atoms with Crippen LogP contribution in [0.15, 0.2) is 35.7 Å². The zero-order chi connectivity index (χ0) is 12.1. The Bertz CT molecular complexity index is 450. The van der Waals surface area contributed by atoms with E-state index in [-0.39, 0.29) is 0 Å². The predicted molar refractivity (Wildman–Crippen MR) is 74.1 cm³/mol. The minimum Gasteiger partial charge on any atom is -0.308 e. The first-order valence-electron chi connectivity index (χ1n) is 6.02. The lowest BCUT2D eigenvalue weighted by atomic mass is 10.2. The summed E-state index contributed by atoms with van der Waals surface area (Å²) in [4.78, 5) is 4.64. The third-order valence-corrected chi connectivity index (χ3v) is 3.68. The molecule has 1 aromatic carbocycles. The Kier molecular flexibility index (Phi) is 4.29. The molecule has 0 aliphatic heterocycles. The van der Waals surface area contributed by atoms with Crippen LogP contribution in [0.1, 0.15) is 25.3 Å². The van der Waals surface area contributed by atoms with Gasteiger partial charge in [0, 0.05) is 23.5 Å². The highest BCUT2D eigenvalue weighted by atomic mass is 32.1. The molecule has 0 spiro atoms. The van der Waals surface area contributed by atoms with Gasteiger partial charge in [-0.2, -0.15) is 0 Å². The van der Waals surface area contributed by atoms with Crippen LogP contribution >= 0.6 is 11.3 Å². The molecule has 3 heteroatoms. The zero-order valence-electron chi connectivity index (χ0n) is 10.3. The van der Waals surface area contributed by atoms with Gasteiger partial charge in [-0.15, -0.1) is 11.3 Å². The largest absolute Gasteiger partial charge is 0.308 e. The van der Waals surface area contributed by atoms with Gasteiger partial charge in [-0.05, 0) is 13.3 Å². The fourth-order valence-electron chi connectivity index (χ4n) is 1.54. The monoisotopic (exact) mass is 246 g/mol. The number of thiazole rings is 1. The summed E-state index contributed by atoms with van der Waals surface area (Å²) < 4.78 is 0. The molecule has 0 saturated heterocycles. The number of hydrogen-bond donors (Lipinski definition) is 1. The van der Waals surface area contributed by atoms with Crippen LogP contribution in [0.4, 0.5) is 0 Å². The Morgan fingerprint density at radius 2 is 2.06 bits per heavy atom. The average Bonchev–Trinajstić information content (AvgIpc) is 2.86. The Morgan fingerprint density at radius 3 is 2.76 bits per heavy atom. The van der Waals surface area contributed by atoms with Gasteiger partial charge in [0.1, 0.15) is 5.01 Å². The van der Waals surface area contributed by atoms with E-state index in [0.717, 1.165) is 23.7 Å². The normalized spacial score (nSPS) is 12.6. The van der Waals surface area contributed by atoms with Gasteiger partial charge in [0.25, 0.3) is 0 Å². The lowest BCUT2D eigenvalue weighted by molar-refractivity contribution is 0.533. The van der Waals surface area contributed by atoms with E-state index >= 15 is 0 Å². The van der Waals surface area contributed by atoms with Gasteiger partial charge in [0.05, 0.1) is 5.69 Å². The minimum absolute atomic E-state index is 0.555. The Hall–Kier alpha value is -1.19. The molecule has 0 amide bonds. The smallest absolute Gasteiger partial charge is 0.107 e. The Morgan fingerprint density at radius 1 is 1.29 bits per heavy atom. The van der Waals surface area contributed by atoms with E-state index in [2.05, 4.69) is 41.7 Å². The average molecular weight is 246 g/mol. The lowest BCUT2D eigenvalue weighted by Crippen LogP contribution is -2.24. The van der Waals surface area contributed by atoms with Gasteiger partial charge >= 0.3 is 0 Å². The molecule has 0 aliphatic rings. The summed E-state index contributed by atoms with van der Waals surface area (Å²) >= 11 is 1.72. The first-order chi connectivity index (χ1) is 8.29. The molecule has 1 N–H and O–H groups in total. The fourth-order valence-corrected chi connectivity index (χ4v) is 2.29. The first-order valence-corrected chi connectivity index (χ1v) is 6.90. The van der Waals surface area contributed by atoms with E-state index in [1.54, 1.807) is 11.3 Å². The Labute approximate surface area is 107 Å². The third-order valence-electron chi connectivity index (χ3n) is 2.84. The van der Waals surface area contributed by atoms with E-state index < -0.39 is 0 Å². The van der Waals surface area contributed by atoms with Crippen LogP contribution in [0.2, 0.25) is 0 Å². The minimum atomic E-state index is 0.555. The van der Waals surface area contributed by atoms with Gasteiger partial charge < -0.3 is 5.32 Å². The van der Waals surface area contributed by atoms with Crippen molar-refractivity contribution in [3.8, 4) is 11.3 Å². The maximum Gasteiger partial charge on any atom is 0.107 e. The van der Waals surface area contributed by atoms with Crippen molar-refractivity contribution in [2.75, 3.05) is 0 Å². The maximum absolute atomic E-state index is 4.64. The van der Waals surface area contributed by atoms with E-state index in [9.17, 15) is 0 Å². The van der Waals surface area contributed by atoms with E-state index in [0.29, 0.717) is 6.04 Å². The van der Waals surface area contributed by atoms with E-state index in [1.165, 1.54) is 5.56 Å². The van der Waals surface area contributed by atoms with Crippen LogP contribution in [0.25, 0.3) is 11.3 Å². The van der Waals surface area contributed by atoms with Crippen LogP contribution in [0.3, 0.4) is 0 Å². The molecular weight excluding hydrogens is 228 g/mol. The Balaban J connectivity index is 2.01. The van der Waals surface area contributed by atoms with Gasteiger partial charge in [-0.25, -0.2) is 4.98 Å². The van der Waals surface area contributed by atoms with Gasteiger partial charge in [-0.3, -0.25) is 0 Å². The molecule has 1 atom stereocenters. The highest BCUT2D eigenvalue weighted by Gasteiger charge is 2.05. The van der Waals surface area contributed by atoms with Crippen LogP contribution in [-0.4, -0.2) is 11.0 Å². The number of nitrogens with zero attached hydrogens (tertiary/aromatic N) is 1. The summed E-state index contributed by atoms with van der Waals surface area (Å²) in [7, 11) is 0. The standard InChI is InChI=1S/C14H18N2S/c1-3-11(2)15-9-14-16-13(10-17-14)12-7-5-4-6-8-12/h4-8,10-11,15H,3,9H2,1-2H3. The fraction of sp³-hybridized carbons (Fsp3) is 0.357. The second kappa shape index (κ2) is 5.94. The van der Waals surface area contributed by atoms with Crippen molar-refractivity contribution in [2.45, 2.75) is 32.9 Å². The summed E-state index contributed by atoms with van der Waals surface area (Å²) in [5.74, 6) is 0. The van der Waals surface area contributed by atoms with Crippen LogP contribution < -0.4 is 5.32 Å². The second-order valence-electron chi connectivity index (χ2n) is 4.18. The molecule has 1 unspecified atom stereocenters. The number of aromatic nitrogens is 1. The summed E-state index contributed by atoms with van der Waals surface area (Å²) in [6.07, 6.45) is 1.15. The predicted octanol–water partition coefficient (Wildman–Crippen LogP) is 3.70. The van der Waals surface area contributed by atoms with Crippen LogP contribution in [0.5, 0.6) is 0 Å². The highest BCUT2D eigenvalue weighted by molar-refractivity contribution is 7.09. The van der Waals surface area contributed by atoms with Crippen molar-refractivity contribution >= 4 is 11.3 Å². The number of benzene rings is 1. The van der Waals surface area contributed by atoms with Crippen molar-refractivity contribution in [3.63, 3.8) is 0 Å². The van der Waals surface area contributed by atoms with Crippen LogP contribution in [0, 0.1) is 0 Å². The molecule has 0 bridgehead atoms. The molecule has 0 saturated carbocycles. The van der Waals surface area contributed by atoms with Crippen molar-refractivity contribution in [1.82, 2.24) is 10.3 Å². The molecule has 2 aromatic rings. The molecule has 90 valence electrons. The highest BCUT2D eigenvalue weighted by Crippen LogP contribution is 2.21. The van der Waals surface area contributed by atoms with Crippen LogP contribution in [-0.2, 0) is 6.54 Å². The molecule has 2 rings (SSSR count). The maximum atomic E-state index is 4.64. The molecule has 2 nitrogen and oxygen atoms in total. The summed E-state index contributed by atoms with van der Waals surface area (Å²) in [6.45, 7) is 5.26. The van der Waals surface area contributed by atoms with Gasteiger partial charge in [0.15, 0.2) is 0 Å². The molecule has 0 fully saturated rings. The molecule has 1 heterocycles. The van der Waals surface area contributed by atoms with Gasteiger partial charge in [0.2, 0.25) is 0 Å². The molecule has 0 aliphatic carbocycles. The van der Waals surface area contributed by atoms with Crippen molar-refractivity contribution in [1.29, 1.82) is 0 Å². The summed E-state index contributed by atoms with van der Waals surface area (Å²) in [6, 6.07) is 10.9. The van der Waals surface area contributed by atoms with Crippen molar-refractivity contribution in [2.24, 2.45) is 0 Å². The quantitative estimate of drug-likeness (QED) is 0.870. The summed E-state index contributed by atoms with van der Waals surface area (Å²) in [5, 5.41) is 6.75. The number of nitrogens with one attached hydrogen (secondary N) is 1. The number of rotatable bonds is 5. The first kappa shape index (κ1) is 12.3. The molecule has 1 aromatic heterocycles.